The molecule has 2 unspecified atom stereocenters. The highest BCUT2D eigenvalue weighted by atomic mass is 16.5. The highest BCUT2D eigenvalue weighted by Crippen LogP contribution is 2.20. The van der Waals surface area contributed by atoms with Gasteiger partial charge in [0.05, 0.1) is 12.6 Å². The molecule has 0 aliphatic heterocycles. The molecule has 2 atom stereocenters. The zero-order valence-corrected chi connectivity index (χ0v) is 14.7. The summed E-state index contributed by atoms with van der Waals surface area (Å²) >= 11 is 0. The van der Waals surface area contributed by atoms with Crippen molar-refractivity contribution in [2.75, 3.05) is 13.2 Å². The lowest BCUT2D eigenvalue weighted by molar-refractivity contribution is -0.153. The van der Waals surface area contributed by atoms with Crippen LogP contribution < -0.4 is 5.32 Å². The van der Waals surface area contributed by atoms with Gasteiger partial charge in [0.2, 0.25) is 0 Å². The number of esters is 1. The van der Waals surface area contributed by atoms with E-state index >= 15 is 0 Å². The molecule has 0 spiro atoms. The Kier molecular flexibility index (Phi) is 9.74. The van der Waals surface area contributed by atoms with Crippen LogP contribution in [0.15, 0.2) is 12.2 Å². The van der Waals surface area contributed by atoms with Gasteiger partial charge in [-0.3, -0.25) is 4.79 Å². The first-order chi connectivity index (χ1) is 10.3. The number of amides is 1. The van der Waals surface area contributed by atoms with Crippen molar-refractivity contribution in [3.05, 3.63) is 12.2 Å². The Morgan fingerprint density at radius 2 is 1.95 bits per heavy atom. The molecule has 0 rings (SSSR count). The molecule has 0 saturated heterocycles. The van der Waals surface area contributed by atoms with Crippen LogP contribution in [0.2, 0.25) is 0 Å². The number of nitrogens with one attached hydrogen (secondary N) is 1. The lowest BCUT2D eigenvalue weighted by Crippen LogP contribution is -2.48. The highest BCUT2D eigenvalue weighted by molar-refractivity contribution is 5.87. The Bertz CT molecular complexity index is 381. The second kappa shape index (κ2) is 10.4. The molecule has 0 aromatic rings. The van der Waals surface area contributed by atoms with Gasteiger partial charge in [-0.2, -0.15) is 0 Å². The molecule has 0 heterocycles. The van der Waals surface area contributed by atoms with Gasteiger partial charge in [-0.1, -0.05) is 33.3 Å². The average molecular weight is 313 g/mol. The number of hydrogen-bond acceptors (Lipinski definition) is 4. The van der Waals surface area contributed by atoms with Crippen LogP contribution in [0.1, 0.15) is 60.3 Å². The summed E-state index contributed by atoms with van der Waals surface area (Å²) in [7, 11) is 0. The maximum atomic E-state index is 12.3. The largest absolute Gasteiger partial charge is 0.460 e. The summed E-state index contributed by atoms with van der Waals surface area (Å²) in [4.78, 5) is 23.5. The summed E-state index contributed by atoms with van der Waals surface area (Å²) in [6, 6.07) is 0. The molecule has 5 heteroatoms. The third kappa shape index (κ3) is 7.59. The highest BCUT2D eigenvalue weighted by Gasteiger charge is 2.33. The molecular formula is C17H31NO4. The van der Waals surface area contributed by atoms with E-state index in [-0.39, 0.29) is 25.2 Å². The number of rotatable bonds is 11. The molecule has 1 amide bonds. The summed E-state index contributed by atoms with van der Waals surface area (Å²) in [5.74, 6) is -0.623. The van der Waals surface area contributed by atoms with Crippen molar-refractivity contribution in [2.45, 2.75) is 72.0 Å². The third-order valence-corrected chi connectivity index (χ3v) is 3.55. The van der Waals surface area contributed by atoms with Gasteiger partial charge < -0.3 is 14.8 Å². The number of hydrogen-bond donors (Lipinski definition) is 1. The second-order valence-electron chi connectivity index (χ2n) is 5.83. The number of carbonyl (C=O) groups is 2. The Morgan fingerprint density at radius 3 is 2.45 bits per heavy atom. The van der Waals surface area contributed by atoms with Crippen LogP contribution in [-0.2, 0) is 19.1 Å². The maximum absolute atomic E-state index is 12.3. The second-order valence-corrected chi connectivity index (χ2v) is 5.83. The predicted molar refractivity (Wildman–Crippen MR) is 87.6 cm³/mol. The molecule has 0 bridgehead atoms. The molecular weight excluding hydrogens is 282 g/mol. The molecule has 0 saturated carbocycles. The summed E-state index contributed by atoms with van der Waals surface area (Å²) < 4.78 is 10.9. The standard InChI is InChI=1S/C17H31NO4/c1-7-9-10-14(5)22-17(6,8-2)16(20)18-11-12-21-15(19)13(3)4/h14H,3,7-12H2,1-2,4-6H3,(H,18,20). The molecule has 1 N–H and O–H groups in total. The Morgan fingerprint density at radius 1 is 1.32 bits per heavy atom. The molecule has 0 aliphatic carbocycles. The Labute approximate surface area is 134 Å². The van der Waals surface area contributed by atoms with Gasteiger partial charge >= 0.3 is 5.97 Å². The molecule has 0 aromatic carbocycles. The zero-order valence-electron chi connectivity index (χ0n) is 14.7. The van der Waals surface area contributed by atoms with Gasteiger partial charge in [0.15, 0.2) is 0 Å². The van der Waals surface area contributed by atoms with Crippen molar-refractivity contribution in [2.24, 2.45) is 0 Å². The van der Waals surface area contributed by atoms with Crippen LogP contribution >= 0.6 is 0 Å². The minimum absolute atomic E-state index is 0.0388. The molecule has 128 valence electrons. The minimum atomic E-state index is -0.856. The van der Waals surface area contributed by atoms with Gasteiger partial charge in [-0.25, -0.2) is 4.79 Å². The fraction of sp³-hybridized carbons (Fsp3) is 0.765. The van der Waals surface area contributed by atoms with Crippen molar-refractivity contribution in [3.8, 4) is 0 Å². The quantitative estimate of drug-likeness (QED) is 0.362. The third-order valence-electron chi connectivity index (χ3n) is 3.55. The van der Waals surface area contributed by atoms with Crippen molar-refractivity contribution < 1.29 is 19.1 Å². The monoisotopic (exact) mass is 313 g/mol. The van der Waals surface area contributed by atoms with E-state index in [1.165, 1.54) is 0 Å². The van der Waals surface area contributed by atoms with Crippen LogP contribution in [0.3, 0.4) is 0 Å². The first-order valence-corrected chi connectivity index (χ1v) is 8.05. The molecule has 0 radical (unpaired) electrons. The lowest BCUT2D eigenvalue weighted by atomic mass is 10.0. The van der Waals surface area contributed by atoms with E-state index in [9.17, 15) is 9.59 Å². The van der Waals surface area contributed by atoms with Crippen molar-refractivity contribution >= 4 is 11.9 Å². The van der Waals surface area contributed by atoms with E-state index in [0.717, 1.165) is 19.3 Å². The zero-order chi connectivity index (χ0) is 17.2. The van der Waals surface area contributed by atoms with Gasteiger partial charge in [0, 0.05) is 5.57 Å². The topological polar surface area (TPSA) is 64.6 Å². The van der Waals surface area contributed by atoms with Crippen LogP contribution in [0.4, 0.5) is 0 Å². The van der Waals surface area contributed by atoms with Crippen molar-refractivity contribution in [1.29, 1.82) is 0 Å². The summed E-state index contributed by atoms with van der Waals surface area (Å²) in [6.45, 7) is 13.3. The summed E-state index contributed by atoms with van der Waals surface area (Å²) in [5, 5.41) is 2.76. The van der Waals surface area contributed by atoms with Gasteiger partial charge in [-0.15, -0.1) is 0 Å². The smallest absolute Gasteiger partial charge is 0.333 e. The van der Waals surface area contributed by atoms with E-state index in [1.807, 2.05) is 13.8 Å². The van der Waals surface area contributed by atoms with E-state index in [2.05, 4.69) is 18.8 Å². The first kappa shape index (κ1) is 20.6. The van der Waals surface area contributed by atoms with Crippen LogP contribution in [-0.4, -0.2) is 36.7 Å². The van der Waals surface area contributed by atoms with Crippen LogP contribution in [0.25, 0.3) is 0 Å². The van der Waals surface area contributed by atoms with Gasteiger partial charge in [-0.05, 0) is 33.6 Å². The van der Waals surface area contributed by atoms with E-state index in [0.29, 0.717) is 12.0 Å². The molecule has 0 aliphatic rings. The SMILES string of the molecule is C=C(C)C(=O)OCCNC(=O)C(C)(CC)OC(C)CCCC. The minimum Gasteiger partial charge on any atom is -0.460 e. The Balaban J connectivity index is 4.27. The Hall–Kier alpha value is -1.36. The van der Waals surface area contributed by atoms with Gasteiger partial charge in [0.25, 0.3) is 5.91 Å². The summed E-state index contributed by atoms with van der Waals surface area (Å²) in [5.41, 5.74) is -0.510. The van der Waals surface area contributed by atoms with Crippen molar-refractivity contribution in [1.82, 2.24) is 5.32 Å². The summed E-state index contributed by atoms with van der Waals surface area (Å²) in [6.07, 6.45) is 3.75. The van der Waals surface area contributed by atoms with E-state index < -0.39 is 11.6 Å². The number of carbonyl (C=O) groups excluding carboxylic acids is 2. The number of unbranched alkanes of at least 4 members (excludes halogenated alkanes) is 1. The van der Waals surface area contributed by atoms with Gasteiger partial charge in [0.1, 0.15) is 12.2 Å². The fourth-order valence-electron chi connectivity index (χ4n) is 1.91. The first-order valence-electron chi connectivity index (χ1n) is 8.05. The average Bonchev–Trinajstić information content (AvgIpc) is 2.48. The normalized spacial score (nSPS) is 14.8. The molecule has 0 fully saturated rings. The maximum Gasteiger partial charge on any atom is 0.333 e. The lowest BCUT2D eigenvalue weighted by Gasteiger charge is -2.30. The fourth-order valence-corrected chi connectivity index (χ4v) is 1.91. The molecule has 22 heavy (non-hydrogen) atoms. The van der Waals surface area contributed by atoms with Crippen molar-refractivity contribution in [3.63, 3.8) is 0 Å². The van der Waals surface area contributed by atoms with Crippen LogP contribution in [0, 0.1) is 0 Å². The molecule has 0 aromatic heterocycles. The van der Waals surface area contributed by atoms with Crippen LogP contribution in [0.5, 0.6) is 0 Å². The predicted octanol–water partition coefficient (Wildman–Crippen LogP) is 2.99. The van der Waals surface area contributed by atoms with E-state index in [1.54, 1.807) is 13.8 Å². The molecule has 5 nitrogen and oxygen atoms in total. The number of ether oxygens (including phenoxy) is 2. The van der Waals surface area contributed by atoms with E-state index in [4.69, 9.17) is 9.47 Å².